The van der Waals surface area contributed by atoms with Gasteiger partial charge in [0.25, 0.3) is 0 Å². The molecule has 0 aliphatic rings. The van der Waals surface area contributed by atoms with Gasteiger partial charge >= 0.3 is 6.09 Å². The minimum atomic E-state index is -1.06. The average molecular weight is 292 g/mol. The number of para-hydroxylation sites is 1. The van der Waals surface area contributed by atoms with Gasteiger partial charge in [0.05, 0.1) is 11.2 Å². The van der Waals surface area contributed by atoms with E-state index in [2.05, 4.69) is 24.4 Å². The SMILES string of the molecule is Cc1cc(-c2cc(C)c3ccccc3n2)ccc1NC(=O)O. The van der Waals surface area contributed by atoms with Crippen molar-refractivity contribution in [3.63, 3.8) is 0 Å². The standard InChI is InChI=1S/C18H16N2O2/c1-11-10-17(19-16-6-4-3-5-14(11)16)13-7-8-15(12(2)9-13)20-18(21)22/h3-10,20H,1-2H3,(H,21,22). The molecule has 1 aromatic heterocycles. The summed E-state index contributed by atoms with van der Waals surface area (Å²) in [6.45, 7) is 3.95. The molecule has 2 aromatic carbocycles. The number of fused-ring (bicyclic) bond motifs is 1. The van der Waals surface area contributed by atoms with Crippen molar-refractivity contribution in [2.75, 3.05) is 5.32 Å². The van der Waals surface area contributed by atoms with Crippen molar-refractivity contribution in [3.8, 4) is 11.3 Å². The van der Waals surface area contributed by atoms with E-state index in [9.17, 15) is 4.79 Å². The molecule has 4 heteroatoms. The average Bonchev–Trinajstić information content (AvgIpc) is 2.49. The highest BCUT2D eigenvalue weighted by Gasteiger charge is 2.08. The lowest BCUT2D eigenvalue weighted by molar-refractivity contribution is 0.209. The Morgan fingerprint density at radius 3 is 2.55 bits per heavy atom. The van der Waals surface area contributed by atoms with Crippen molar-refractivity contribution in [2.24, 2.45) is 0 Å². The summed E-state index contributed by atoms with van der Waals surface area (Å²) in [6.07, 6.45) is -1.06. The molecule has 110 valence electrons. The largest absolute Gasteiger partial charge is 0.465 e. The minimum absolute atomic E-state index is 0.591. The predicted molar refractivity (Wildman–Crippen MR) is 88.3 cm³/mol. The molecule has 22 heavy (non-hydrogen) atoms. The normalized spacial score (nSPS) is 10.6. The second-order valence-corrected chi connectivity index (χ2v) is 5.30. The lowest BCUT2D eigenvalue weighted by Crippen LogP contribution is -2.08. The molecular formula is C18H16N2O2. The van der Waals surface area contributed by atoms with Gasteiger partial charge in [-0.05, 0) is 49.2 Å². The second-order valence-electron chi connectivity index (χ2n) is 5.30. The second kappa shape index (κ2) is 5.48. The number of nitrogens with one attached hydrogen (secondary N) is 1. The molecule has 0 atom stereocenters. The van der Waals surface area contributed by atoms with E-state index in [1.807, 2.05) is 37.3 Å². The van der Waals surface area contributed by atoms with Crippen molar-refractivity contribution >= 4 is 22.7 Å². The molecule has 1 amide bonds. The quantitative estimate of drug-likeness (QED) is 0.725. The van der Waals surface area contributed by atoms with Crippen LogP contribution in [0.25, 0.3) is 22.2 Å². The van der Waals surface area contributed by atoms with Crippen LogP contribution in [0.5, 0.6) is 0 Å². The molecule has 2 N–H and O–H groups in total. The molecule has 0 saturated heterocycles. The summed E-state index contributed by atoms with van der Waals surface area (Å²) in [5, 5.41) is 12.3. The molecule has 0 unspecified atom stereocenters. The maximum absolute atomic E-state index is 10.7. The number of aryl methyl sites for hydroxylation is 2. The first-order chi connectivity index (χ1) is 10.5. The number of amides is 1. The number of anilines is 1. The number of carbonyl (C=O) groups is 1. The third-order valence-electron chi connectivity index (χ3n) is 3.69. The van der Waals surface area contributed by atoms with E-state index in [0.29, 0.717) is 5.69 Å². The van der Waals surface area contributed by atoms with Gasteiger partial charge in [0.2, 0.25) is 0 Å². The summed E-state index contributed by atoms with van der Waals surface area (Å²) in [6, 6.07) is 15.7. The van der Waals surface area contributed by atoms with Gasteiger partial charge in [-0.15, -0.1) is 0 Å². The highest BCUT2D eigenvalue weighted by atomic mass is 16.4. The van der Waals surface area contributed by atoms with Crippen LogP contribution < -0.4 is 5.32 Å². The minimum Gasteiger partial charge on any atom is -0.465 e. The predicted octanol–water partition coefficient (Wildman–Crippen LogP) is 4.61. The molecule has 0 fully saturated rings. The van der Waals surface area contributed by atoms with Crippen LogP contribution >= 0.6 is 0 Å². The van der Waals surface area contributed by atoms with Crippen molar-refractivity contribution in [1.29, 1.82) is 0 Å². The molecule has 0 spiro atoms. The number of nitrogens with zero attached hydrogens (tertiary/aromatic N) is 1. The van der Waals surface area contributed by atoms with E-state index < -0.39 is 6.09 Å². The molecule has 3 aromatic rings. The molecule has 0 bridgehead atoms. The van der Waals surface area contributed by atoms with Gasteiger partial charge in [-0.1, -0.05) is 24.3 Å². The summed E-state index contributed by atoms with van der Waals surface area (Å²) in [4.78, 5) is 15.4. The van der Waals surface area contributed by atoms with E-state index >= 15 is 0 Å². The van der Waals surface area contributed by atoms with Crippen molar-refractivity contribution in [2.45, 2.75) is 13.8 Å². The Kier molecular flexibility index (Phi) is 3.51. The third kappa shape index (κ3) is 2.63. The number of aromatic nitrogens is 1. The maximum Gasteiger partial charge on any atom is 0.409 e. The number of pyridine rings is 1. The zero-order valence-electron chi connectivity index (χ0n) is 12.4. The van der Waals surface area contributed by atoms with Crippen LogP contribution in [-0.2, 0) is 0 Å². The van der Waals surface area contributed by atoms with Gasteiger partial charge in [-0.2, -0.15) is 0 Å². The van der Waals surface area contributed by atoms with Crippen molar-refractivity contribution in [3.05, 3.63) is 59.7 Å². The van der Waals surface area contributed by atoms with Gasteiger partial charge in [-0.25, -0.2) is 9.78 Å². The molecule has 3 rings (SSSR count). The molecule has 0 saturated carbocycles. The Morgan fingerprint density at radius 1 is 1.05 bits per heavy atom. The Morgan fingerprint density at radius 2 is 1.82 bits per heavy atom. The van der Waals surface area contributed by atoms with Crippen LogP contribution in [-0.4, -0.2) is 16.2 Å². The van der Waals surface area contributed by atoms with Gasteiger partial charge in [0.15, 0.2) is 0 Å². The van der Waals surface area contributed by atoms with E-state index in [-0.39, 0.29) is 0 Å². The highest BCUT2D eigenvalue weighted by molar-refractivity contribution is 5.87. The smallest absolute Gasteiger partial charge is 0.409 e. The molecule has 0 aliphatic heterocycles. The highest BCUT2D eigenvalue weighted by Crippen LogP contribution is 2.27. The fourth-order valence-electron chi connectivity index (χ4n) is 2.58. The first kappa shape index (κ1) is 14.1. The van der Waals surface area contributed by atoms with Crippen LogP contribution in [0.1, 0.15) is 11.1 Å². The lowest BCUT2D eigenvalue weighted by Gasteiger charge is -2.10. The Bertz CT molecular complexity index is 872. The summed E-state index contributed by atoms with van der Waals surface area (Å²) < 4.78 is 0. The van der Waals surface area contributed by atoms with Crippen molar-refractivity contribution < 1.29 is 9.90 Å². The van der Waals surface area contributed by atoms with Crippen LogP contribution in [0.2, 0.25) is 0 Å². The number of benzene rings is 2. The van der Waals surface area contributed by atoms with Crippen LogP contribution in [0.3, 0.4) is 0 Å². The zero-order valence-corrected chi connectivity index (χ0v) is 12.4. The summed E-state index contributed by atoms with van der Waals surface area (Å²) >= 11 is 0. The number of rotatable bonds is 2. The van der Waals surface area contributed by atoms with Crippen molar-refractivity contribution in [1.82, 2.24) is 4.98 Å². The van der Waals surface area contributed by atoms with Gasteiger partial charge < -0.3 is 5.11 Å². The Labute approximate surface area is 128 Å². The molecular weight excluding hydrogens is 276 g/mol. The van der Waals surface area contributed by atoms with Gasteiger partial charge in [0.1, 0.15) is 0 Å². The summed E-state index contributed by atoms with van der Waals surface area (Å²) in [5.41, 5.74) is 5.46. The molecule has 1 heterocycles. The molecule has 0 radical (unpaired) electrons. The molecule has 0 aliphatic carbocycles. The van der Waals surface area contributed by atoms with E-state index in [1.165, 1.54) is 5.56 Å². The third-order valence-corrected chi connectivity index (χ3v) is 3.69. The monoisotopic (exact) mass is 292 g/mol. The van der Waals surface area contributed by atoms with E-state index in [4.69, 9.17) is 10.1 Å². The first-order valence-corrected chi connectivity index (χ1v) is 7.02. The van der Waals surface area contributed by atoms with Gasteiger partial charge in [0, 0.05) is 16.6 Å². The number of hydrogen-bond acceptors (Lipinski definition) is 2. The number of carboxylic acid groups (broad SMARTS) is 1. The van der Waals surface area contributed by atoms with Crippen LogP contribution in [0.4, 0.5) is 10.5 Å². The lowest BCUT2D eigenvalue weighted by atomic mass is 10.0. The first-order valence-electron chi connectivity index (χ1n) is 7.02. The van der Waals surface area contributed by atoms with Crippen LogP contribution in [0.15, 0.2) is 48.5 Å². The number of hydrogen-bond donors (Lipinski definition) is 2. The van der Waals surface area contributed by atoms with E-state index in [0.717, 1.165) is 27.7 Å². The Hall–Kier alpha value is -2.88. The maximum atomic E-state index is 10.7. The topological polar surface area (TPSA) is 62.2 Å². The fraction of sp³-hybridized carbons (Fsp3) is 0.111. The zero-order chi connectivity index (χ0) is 15.7. The van der Waals surface area contributed by atoms with Gasteiger partial charge in [-0.3, -0.25) is 5.32 Å². The Balaban J connectivity index is 2.07. The summed E-state index contributed by atoms with van der Waals surface area (Å²) in [7, 11) is 0. The van der Waals surface area contributed by atoms with E-state index in [1.54, 1.807) is 6.07 Å². The fourth-order valence-corrected chi connectivity index (χ4v) is 2.58. The van der Waals surface area contributed by atoms with Crippen LogP contribution in [0, 0.1) is 13.8 Å². The summed E-state index contributed by atoms with van der Waals surface area (Å²) in [5.74, 6) is 0. The molecule has 4 nitrogen and oxygen atoms in total.